The molecule has 0 heterocycles. The quantitative estimate of drug-likeness (QED) is 0.613. The molecule has 0 fully saturated rings. The third kappa shape index (κ3) is 2.96. The number of hydrogen-bond acceptors (Lipinski definition) is 3. The molecule has 0 saturated carbocycles. The van der Waals surface area contributed by atoms with E-state index in [4.69, 9.17) is 14.9 Å². The van der Waals surface area contributed by atoms with Gasteiger partial charge in [-0.05, 0) is 18.8 Å². The van der Waals surface area contributed by atoms with Crippen molar-refractivity contribution in [2.45, 2.75) is 39.2 Å². The highest BCUT2D eigenvalue weighted by Gasteiger charge is 2.40. The Bertz CT molecular complexity index is 179. The maximum atomic E-state index is 11.1. The van der Waals surface area contributed by atoms with Gasteiger partial charge in [0.1, 0.15) is 0 Å². The van der Waals surface area contributed by atoms with E-state index in [9.17, 15) is 4.79 Å². The molecule has 0 aliphatic heterocycles. The highest BCUT2D eigenvalue weighted by molar-refractivity contribution is 5.77. The van der Waals surface area contributed by atoms with E-state index in [1.165, 1.54) is 0 Å². The number of hydrogen-bond donors (Lipinski definition) is 2. The van der Waals surface area contributed by atoms with Crippen LogP contribution in [-0.2, 0) is 9.53 Å². The van der Waals surface area contributed by atoms with E-state index in [-0.39, 0.29) is 19.1 Å². The van der Waals surface area contributed by atoms with E-state index in [2.05, 4.69) is 0 Å². The van der Waals surface area contributed by atoms with Crippen LogP contribution in [0.15, 0.2) is 0 Å². The minimum atomic E-state index is -1.10. The average molecular weight is 204 g/mol. The summed E-state index contributed by atoms with van der Waals surface area (Å²) in [6.07, 6.45) is 0.910. The molecule has 14 heavy (non-hydrogen) atoms. The van der Waals surface area contributed by atoms with Gasteiger partial charge in [0, 0.05) is 6.61 Å². The van der Waals surface area contributed by atoms with E-state index in [1.54, 1.807) is 6.92 Å². The number of carboxylic acids is 1. The van der Waals surface area contributed by atoms with Gasteiger partial charge >= 0.3 is 5.97 Å². The van der Waals surface area contributed by atoms with Gasteiger partial charge in [-0.2, -0.15) is 0 Å². The molecule has 1 atom stereocenters. The summed E-state index contributed by atoms with van der Waals surface area (Å²) in [4.78, 5) is 11.1. The topological polar surface area (TPSA) is 66.8 Å². The first-order valence-electron chi connectivity index (χ1n) is 4.99. The van der Waals surface area contributed by atoms with Crippen molar-refractivity contribution in [3.8, 4) is 0 Å². The summed E-state index contributed by atoms with van der Waals surface area (Å²) in [6.45, 7) is 5.77. The zero-order chi connectivity index (χ0) is 11.2. The number of carboxylic acid groups (broad SMARTS) is 1. The van der Waals surface area contributed by atoms with Gasteiger partial charge in [0.05, 0.1) is 6.61 Å². The SMILES string of the molecule is CCC(OCCCO)(C(=O)O)C(C)C. The Balaban J connectivity index is 4.43. The molecular weight excluding hydrogens is 184 g/mol. The average Bonchev–Trinajstić information content (AvgIpc) is 2.11. The molecule has 0 amide bonds. The zero-order valence-corrected chi connectivity index (χ0v) is 9.12. The second-order valence-electron chi connectivity index (χ2n) is 3.63. The summed E-state index contributed by atoms with van der Waals surface area (Å²) in [6, 6.07) is 0. The van der Waals surface area contributed by atoms with Gasteiger partial charge < -0.3 is 14.9 Å². The third-order valence-electron chi connectivity index (χ3n) is 2.48. The Morgan fingerprint density at radius 3 is 2.36 bits per heavy atom. The standard InChI is InChI=1S/C10H20O4/c1-4-10(8(2)3,9(12)13)14-7-5-6-11/h8,11H,4-7H2,1-3H3,(H,12,13). The highest BCUT2D eigenvalue weighted by Crippen LogP contribution is 2.26. The van der Waals surface area contributed by atoms with E-state index in [0.29, 0.717) is 12.8 Å². The van der Waals surface area contributed by atoms with Crippen LogP contribution in [0.2, 0.25) is 0 Å². The van der Waals surface area contributed by atoms with Gasteiger partial charge in [0.15, 0.2) is 5.60 Å². The smallest absolute Gasteiger partial charge is 0.336 e. The molecule has 84 valence electrons. The van der Waals surface area contributed by atoms with Crippen LogP contribution >= 0.6 is 0 Å². The summed E-state index contributed by atoms with van der Waals surface area (Å²) < 4.78 is 5.38. The molecule has 4 heteroatoms. The molecule has 0 aromatic heterocycles. The van der Waals surface area contributed by atoms with Crippen LogP contribution in [0.25, 0.3) is 0 Å². The normalized spacial score (nSPS) is 15.5. The molecule has 0 saturated heterocycles. The lowest BCUT2D eigenvalue weighted by atomic mass is 9.87. The van der Waals surface area contributed by atoms with Crippen molar-refractivity contribution in [2.24, 2.45) is 5.92 Å². The molecule has 0 rings (SSSR count). The first-order valence-corrected chi connectivity index (χ1v) is 4.99. The van der Waals surface area contributed by atoms with E-state index >= 15 is 0 Å². The molecule has 0 spiro atoms. The van der Waals surface area contributed by atoms with Crippen molar-refractivity contribution in [3.63, 3.8) is 0 Å². The predicted molar refractivity (Wildman–Crippen MR) is 53.2 cm³/mol. The lowest BCUT2D eigenvalue weighted by Crippen LogP contribution is -2.46. The second-order valence-corrected chi connectivity index (χ2v) is 3.63. The summed E-state index contributed by atoms with van der Waals surface area (Å²) in [7, 11) is 0. The maximum absolute atomic E-state index is 11.1. The van der Waals surface area contributed by atoms with Crippen LogP contribution in [0.4, 0.5) is 0 Å². The van der Waals surface area contributed by atoms with Crippen molar-refractivity contribution in [3.05, 3.63) is 0 Å². The Morgan fingerprint density at radius 2 is 2.07 bits per heavy atom. The molecule has 0 bridgehead atoms. The Kier molecular flexibility index (Phi) is 5.72. The van der Waals surface area contributed by atoms with Crippen molar-refractivity contribution in [2.75, 3.05) is 13.2 Å². The summed E-state index contributed by atoms with van der Waals surface area (Å²) in [5.41, 5.74) is -1.10. The maximum Gasteiger partial charge on any atom is 0.336 e. The Hall–Kier alpha value is -0.610. The van der Waals surface area contributed by atoms with E-state index in [0.717, 1.165) is 0 Å². The number of aliphatic hydroxyl groups is 1. The first-order chi connectivity index (χ1) is 6.51. The van der Waals surface area contributed by atoms with Gasteiger partial charge in [-0.1, -0.05) is 20.8 Å². The fourth-order valence-electron chi connectivity index (χ4n) is 1.46. The second kappa shape index (κ2) is 5.98. The number of carbonyl (C=O) groups is 1. The molecule has 4 nitrogen and oxygen atoms in total. The number of rotatable bonds is 7. The largest absolute Gasteiger partial charge is 0.479 e. The Labute approximate surface area is 84.9 Å². The molecule has 0 radical (unpaired) electrons. The van der Waals surface area contributed by atoms with E-state index in [1.807, 2.05) is 13.8 Å². The summed E-state index contributed by atoms with van der Waals surface area (Å²) in [5, 5.41) is 17.7. The van der Waals surface area contributed by atoms with Crippen LogP contribution < -0.4 is 0 Å². The van der Waals surface area contributed by atoms with Gasteiger partial charge in [-0.3, -0.25) is 0 Å². The predicted octanol–water partition coefficient (Wildman–Crippen LogP) is 1.27. The molecule has 0 aromatic carbocycles. The molecular formula is C10H20O4. The number of aliphatic carboxylic acids is 1. The van der Waals surface area contributed by atoms with Crippen LogP contribution in [0, 0.1) is 5.92 Å². The lowest BCUT2D eigenvalue weighted by molar-refractivity contribution is -0.174. The van der Waals surface area contributed by atoms with Crippen LogP contribution in [-0.4, -0.2) is 35.0 Å². The van der Waals surface area contributed by atoms with Crippen LogP contribution in [0.5, 0.6) is 0 Å². The minimum absolute atomic E-state index is 0.0253. The summed E-state index contributed by atoms with van der Waals surface area (Å²) >= 11 is 0. The molecule has 0 aliphatic rings. The van der Waals surface area contributed by atoms with Crippen molar-refractivity contribution >= 4 is 5.97 Å². The van der Waals surface area contributed by atoms with Crippen molar-refractivity contribution in [1.82, 2.24) is 0 Å². The lowest BCUT2D eigenvalue weighted by Gasteiger charge is -2.32. The van der Waals surface area contributed by atoms with Crippen molar-refractivity contribution in [1.29, 1.82) is 0 Å². The Morgan fingerprint density at radius 1 is 1.50 bits per heavy atom. The molecule has 2 N–H and O–H groups in total. The molecule has 1 unspecified atom stereocenters. The summed E-state index contributed by atoms with van der Waals surface area (Å²) in [5.74, 6) is -1.00. The fraction of sp³-hybridized carbons (Fsp3) is 0.900. The number of ether oxygens (including phenoxy) is 1. The molecule has 0 aliphatic carbocycles. The van der Waals surface area contributed by atoms with Gasteiger partial charge in [-0.25, -0.2) is 4.79 Å². The van der Waals surface area contributed by atoms with Gasteiger partial charge in [0.2, 0.25) is 0 Å². The minimum Gasteiger partial charge on any atom is -0.479 e. The third-order valence-corrected chi connectivity index (χ3v) is 2.48. The fourth-order valence-corrected chi connectivity index (χ4v) is 1.46. The monoisotopic (exact) mass is 204 g/mol. The van der Waals surface area contributed by atoms with Crippen molar-refractivity contribution < 1.29 is 19.7 Å². The number of aliphatic hydroxyl groups excluding tert-OH is 1. The highest BCUT2D eigenvalue weighted by atomic mass is 16.5. The zero-order valence-electron chi connectivity index (χ0n) is 9.12. The van der Waals surface area contributed by atoms with Gasteiger partial charge in [-0.15, -0.1) is 0 Å². The van der Waals surface area contributed by atoms with E-state index < -0.39 is 11.6 Å². The van der Waals surface area contributed by atoms with Crippen LogP contribution in [0.1, 0.15) is 33.6 Å². The first kappa shape index (κ1) is 13.4. The van der Waals surface area contributed by atoms with Gasteiger partial charge in [0.25, 0.3) is 0 Å². The molecule has 0 aromatic rings. The van der Waals surface area contributed by atoms with Crippen LogP contribution in [0.3, 0.4) is 0 Å².